The molecule has 0 aromatic carbocycles. The lowest BCUT2D eigenvalue weighted by Crippen LogP contribution is -2.43. The molecule has 0 saturated heterocycles. The van der Waals surface area contributed by atoms with Gasteiger partial charge in [0.1, 0.15) is 5.41 Å². The number of hydrogen-bond acceptors (Lipinski definition) is 2. The van der Waals surface area contributed by atoms with E-state index in [1.807, 2.05) is 0 Å². The molecule has 0 spiro atoms. The highest BCUT2D eigenvalue weighted by Gasteiger charge is 2.57. The average Bonchev–Trinajstić information content (AvgIpc) is 3.02. The van der Waals surface area contributed by atoms with Gasteiger partial charge in [-0.25, -0.2) is 0 Å². The number of nitrogens with one attached hydrogen (secondary N) is 1. The summed E-state index contributed by atoms with van der Waals surface area (Å²) < 4.78 is 0. The Hall–Kier alpha value is -1.06. The maximum atomic E-state index is 11.9. The van der Waals surface area contributed by atoms with E-state index in [2.05, 4.69) is 5.32 Å². The normalized spacial score (nSPS) is 24.5. The molecule has 96 valence electrons. The van der Waals surface area contributed by atoms with E-state index in [1.165, 1.54) is 19.3 Å². The summed E-state index contributed by atoms with van der Waals surface area (Å²) in [6, 6.07) is 0.194. The maximum Gasteiger partial charge on any atom is 0.319 e. The van der Waals surface area contributed by atoms with Crippen molar-refractivity contribution in [3.05, 3.63) is 0 Å². The number of rotatable bonds is 3. The zero-order valence-corrected chi connectivity index (χ0v) is 10.2. The number of carbonyl (C=O) groups is 2. The predicted octanol–water partition coefficient (Wildman–Crippen LogP) is 2.08. The van der Waals surface area contributed by atoms with Gasteiger partial charge >= 0.3 is 5.97 Å². The zero-order chi connectivity index (χ0) is 12.3. The number of amides is 1. The average molecular weight is 239 g/mol. The van der Waals surface area contributed by atoms with Crippen molar-refractivity contribution in [2.75, 3.05) is 0 Å². The topological polar surface area (TPSA) is 66.4 Å². The molecule has 17 heavy (non-hydrogen) atoms. The van der Waals surface area contributed by atoms with Crippen molar-refractivity contribution in [1.29, 1.82) is 0 Å². The van der Waals surface area contributed by atoms with Crippen LogP contribution < -0.4 is 5.32 Å². The molecule has 4 nitrogen and oxygen atoms in total. The Morgan fingerprint density at radius 3 is 2.00 bits per heavy atom. The molecule has 2 N–H and O–H groups in total. The fourth-order valence-electron chi connectivity index (χ4n) is 2.59. The molecule has 2 aliphatic rings. The Kier molecular flexibility index (Phi) is 3.69. The van der Waals surface area contributed by atoms with Crippen LogP contribution in [0.2, 0.25) is 0 Å². The largest absolute Gasteiger partial charge is 0.480 e. The summed E-state index contributed by atoms with van der Waals surface area (Å²) in [6.07, 6.45) is 9.05. The molecule has 2 aliphatic carbocycles. The summed E-state index contributed by atoms with van der Waals surface area (Å²) in [5, 5.41) is 12.0. The molecule has 0 aromatic rings. The van der Waals surface area contributed by atoms with E-state index in [0.717, 1.165) is 25.7 Å². The van der Waals surface area contributed by atoms with Crippen molar-refractivity contribution in [3.63, 3.8) is 0 Å². The van der Waals surface area contributed by atoms with Crippen LogP contribution in [0.25, 0.3) is 0 Å². The SMILES string of the molecule is O=C(O)C1(C(=O)NC2CCCCCCC2)CC1. The molecule has 0 aromatic heterocycles. The first-order valence-electron chi connectivity index (χ1n) is 6.69. The third kappa shape index (κ3) is 2.79. The Balaban J connectivity index is 1.87. The number of aliphatic carboxylic acids is 1. The van der Waals surface area contributed by atoms with Crippen molar-refractivity contribution in [3.8, 4) is 0 Å². The van der Waals surface area contributed by atoms with E-state index in [1.54, 1.807) is 0 Å². The molecule has 4 heteroatoms. The maximum absolute atomic E-state index is 11.9. The Bertz CT molecular complexity index is 302. The van der Waals surface area contributed by atoms with Gasteiger partial charge in [0.25, 0.3) is 0 Å². The molecule has 0 atom stereocenters. The Morgan fingerprint density at radius 1 is 1.00 bits per heavy atom. The van der Waals surface area contributed by atoms with Gasteiger partial charge in [-0.05, 0) is 25.7 Å². The van der Waals surface area contributed by atoms with Crippen molar-refractivity contribution in [2.45, 2.75) is 63.8 Å². The standard InChI is InChI=1S/C13H21NO3/c15-11(13(8-9-13)12(16)17)14-10-6-4-2-1-3-5-7-10/h10H,1-9H2,(H,14,15)(H,16,17). The van der Waals surface area contributed by atoms with Gasteiger partial charge in [0.05, 0.1) is 0 Å². The molecule has 2 saturated carbocycles. The third-order valence-corrected chi connectivity index (χ3v) is 4.03. The van der Waals surface area contributed by atoms with Gasteiger partial charge in [-0.3, -0.25) is 9.59 Å². The van der Waals surface area contributed by atoms with Crippen molar-refractivity contribution in [1.82, 2.24) is 5.32 Å². The molecule has 0 heterocycles. The minimum absolute atomic E-state index is 0.194. The van der Waals surface area contributed by atoms with Gasteiger partial charge < -0.3 is 10.4 Å². The van der Waals surface area contributed by atoms with Gasteiger partial charge in [-0.1, -0.05) is 32.1 Å². The first-order valence-corrected chi connectivity index (χ1v) is 6.69. The molecule has 1 amide bonds. The number of carboxylic acids is 1. The van der Waals surface area contributed by atoms with Crippen molar-refractivity contribution >= 4 is 11.9 Å². The number of carbonyl (C=O) groups excluding carboxylic acids is 1. The van der Waals surface area contributed by atoms with E-state index in [9.17, 15) is 9.59 Å². The van der Waals surface area contributed by atoms with Gasteiger partial charge in [-0.15, -0.1) is 0 Å². The highest BCUT2D eigenvalue weighted by atomic mass is 16.4. The van der Waals surface area contributed by atoms with Crippen LogP contribution in [0.3, 0.4) is 0 Å². The van der Waals surface area contributed by atoms with Crippen molar-refractivity contribution in [2.24, 2.45) is 5.41 Å². The van der Waals surface area contributed by atoms with E-state index >= 15 is 0 Å². The number of hydrogen-bond donors (Lipinski definition) is 2. The molecule has 0 unspecified atom stereocenters. The van der Waals surface area contributed by atoms with Crippen LogP contribution in [0, 0.1) is 5.41 Å². The minimum Gasteiger partial charge on any atom is -0.480 e. The van der Waals surface area contributed by atoms with Gasteiger partial charge in [-0.2, -0.15) is 0 Å². The second-order valence-corrected chi connectivity index (χ2v) is 5.40. The summed E-state index contributed by atoms with van der Waals surface area (Å²) >= 11 is 0. The summed E-state index contributed by atoms with van der Waals surface area (Å²) in [5.74, 6) is -1.21. The Labute approximate surface area is 102 Å². The lowest BCUT2D eigenvalue weighted by atomic mass is 9.95. The second kappa shape index (κ2) is 5.07. The quantitative estimate of drug-likeness (QED) is 0.741. The first-order chi connectivity index (χ1) is 8.15. The minimum atomic E-state index is -1.08. The lowest BCUT2D eigenvalue weighted by Gasteiger charge is -2.22. The van der Waals surface area contributed by atoms with Gasteiger partial charge in [0, 0.05) is 6.04 Å². The fraction of sp³-hybridized carbons (Fsp3) is 0.846. The summed E-state index contributed by atoms with van der Waals surface area (Å²) in [7, 11) is 0. The van der Waals surface area contributed by atoms with Gasteiger partial charge in [0.15, 0.2) is 0 Å². The fourth-order valence-corrected chi connectivity index (χ4v) is 2.59. The molecule has 0 aliphatic heterocycles. The molecule has 0 radical (unpaired) electrons. The third-order valence-electron chi connectivity index (χ3n) is 4.03. The zero-order valence-electron chi connectivity index (χ0n) is 10.2. The predicted molar refractivity (Wildman–Crippen MR) is 63.6 cm³/mol. The van der Waals surface area contributed by atoms with Crippen LogP contribution in [0.15, 0.2) is 0 Å². The van der Waals surface area contributed by atoms with E-state index in [4.69, 9.17) is 5.11 Å². The molecular weight excluding hydrogens is 218 g/mol. The van der Waals surface area contributed by atoms with Crippen LogP contribution in [0.5, 0.6) is 0 Å². The lowest BCUT2D eigenvalue weighted by molar-refractivity contribution is -0.149. The van der Waals surface area contributed by atoms with Crippen LogP contribution in [0.4, 0.5) is 0 Å². The summed E-state index contributed by atoms with van der Waals surface area (Å²) in [6.45, 7) is 0. The molecule has 0 bridgehead atoms. The van der Waals surface area contributed by atoms with Crippen LogP contribution in [0.1, 0.15) is 57.8 Å². The van der Waals surface area contributed by atoms with E-state index in [-0.39, 0.29) is 11.9 Å². The molecule has 2 fully saturated rings. The van der Waals surface area contributed by atoms with E-state index in [0.29, 0.717) is 12.8 Å². The van der Waals surface area contributed by atoms with Crippen LogP contribution in [-0.2, 0) is 9.59 Å². The van der Waals surface area contributed by atoms with Gasteiger partial charge in [0.2, 0.25) is 5.91 Å². The summed E-state index contributed by atoms with van der Waals surface area (Å²) in [5.41, 5.74) is -1.08. The van der Waals surface area contributed by atoms with Crippen LogP contribution >= 0.6 is 0 Å². The Morgan fingerprint density at radius 2 is 1.53 bits per heavy atom. The monoisotopic (exact) mass is 239 g/mol. The molecule has 2 rings (SSSR count). The van der Waals surface area contributed by atoms with Crippen LogP contribution in [-0.4, -0.2) is 23.0 Å². The highest BCUT2D eigenvalue weighted by Crippen LogP contribution is 2.46. The first kappa shape index (κ1) is 12.4. The smallest absolute Gasteiger partial charge is 0.319 e. The molecular formula is C13H21NO3. The summed E-state index contributed by atoms with van der Waals surface area (Å²) in [4.78, 5) is 23.0. The van der Waals surface area contributed by atoms with E-state index < -0.39 is 11.4 Å². The second-order valence-electron chi connectivity index (χ2n) is 5.40. The highest BCUT2D eigenvalue weighted by molar-refractivity contribution is 6.04. The van der Waals surface area contributed by atoms with Crippen molar-refractivity contribution < 1.29 is 14.7 Å². The number of carboxylic acid groups (broad SMARTS) is 1.